The van der Waals surface area contributed by atoms with Crippen LogP contribution >= 0.6 is 0 Å². The predicted molar refractivity (Wildman–Crippen MR) is 83.9 cm³/mol. The van der Waals surface area contributed by atoms with Crippen molar-refractivity contribution < 1.29 is 0 Å². The fraction of sp³-hybridized carbons (Fsp3) is 0.875. The molecule has 2 heterocycles. The van der Waals surface area contributed by atoms with Gasteiger partial charge in [-0.05, 0) is 46.0 Å². The van der Waals surface area contributed by atoms with Gasteiger partial charge in [-0.25, -0.2) is 9.67 Å². The normalized spacial score (nSPS) is 29.7. The Hall–Kier alpha value is -0.940. The third-order valence-electron chi connectivity index (χ3n) is 5.15. The summed E-state index contributed by atoms with van der Waals surface area (Å²) in [6.07, 6.45) is 5.55. The van der Waals surface area contributed by atoms with Gasteiger partial charge in [0.2, 0.25) is 0 Å². The van der Waals surface area contributed by atoms with Gasteiger partial charge in [-0.2, -0.15) is 5.10 Å². The summed E-state index contributed by atoms with van der Waals surface area (Å²) in [5.74, 6) is 1.95. The second-order valence-corrected chi connectivity index (χ2v) is 7.62. The number of aromatic nitrogens is 3. The molecule has 3 rings (SSSR count). The molecule has 1 aromatic heterocycles. The van der Waals surface area contributed by atoms with Gasteiger partial charge in [0.1, 0.15) is 12.2 Å². The summed E-state index contributed by atoms with van der Waals surface area (Å²) in [6.45, 7) is 13.2. The molecule has 1 aliphatic heterocycles. The summed E-state index contributed by atoms with van der Waals surface area (Å²) in [6, 6.07) is 0. The largest absolute Gasteiger partial charge is 0.309 e. The quantitative estimate of drug-likeness (QED) is 0.902. The first kappa shape index (κ1) is 15.0. The van der Waals surface area contributed by atoms with Crippen LogP contribution in [0.15, 0.2) is 6.33 Å². The highest BCUT2D eigenvalue weighted by molar-refractivity contribution is 5.08. The highest BCUT2D eigenvalue weighted by Gasteiger charge is 2.49. The molecule has 0 bridgehead atoms. The minimum Gasteiger partial charge on any atom is -0.309 e. The first-order valence-corrected chi connectivity index (χ1v) is 8.31. The number of nitrogens with one attached hydrogen (secondary N) is 1. The Morgan fingerprint density at radius 3 is 2.76 bits per heavy atom. The van der Waals surface area contributed by atoms with Crippen LogP contribution in [0, 0.1) is 5.92 Å². The van der Waals surface area contributed by atoms with E-state index in [4.69, 9.17) is 0 Å². The number of piperazine rings is 1. The van der Waals surface area contributed by atoms with Gasteiger partial charge in [-0.1, -0.05) is 6.92 Å². The lowest BCUT2D eigenvalue weighted by Crippen LogP contribution is -2.67. The predicted octanol–water partition coefficient (Wildman–Crippen LogP) is 2.04. The second kappa shape index (κ2) is 5.36. The molecule has 0 spiro atoms. The monoisotopic (exact) mass is 291 g/mol. The van der Waals surface area contributed by atoms with Crippen molar-refractivity contribution in [2.75, 3.05) is 13.1 Å². The average molecular weight is 291 g/mol. The molecule has 1 unspecified atom stereocenters. The fourth-order valence-corrected chi connectivity index (χ4v) is 3.57. The van der Waals surface area contributed by atoms with Gasteiger partial charge in [0, 0.05) is 30.7 Å². The minimum absolute atomic E-state index is 0.171. The molecule has 1 N–H and O–H groups in total. The van der Waals surface area contributed by atoms with Crippen molar-refractivity contribution in [3.8, 4) is 0 Å². The van der Waals surface area contributed by atoms with Crippen LogP contribution < -0.4 is 5.32 Å². The first-order chi connectivity index (χ1) is 9.94. The van der Waals surface area contributed by atoms with Gasteiger partial charge in [0.25, 0.3) is 0 Å². The molecule has 5 heteroatoms. The Balaban J connectivity index is 1.80. The van der Waals surface area contributed by atoms with E-state index >= 15 is 0 Å². The molecule has 0 radical (unpaired) electrons. The summed E-state index contributed by atoms with van der Waals surface area (Å²) in [5.41, 5.74) is 0.433. The molecule has 1 aromatic rings. The minimum atomic E-state index is 0.171. The van der Waals surface area contributed by atoms with Crippen molar-refractivity contribution in [1.29, 1.82) is 0 Å². The van der Waals surface area contributed by atoms with Gasteiger partial charge < -0.3 is 5.32 Å². The molecule has 21 heavy (non-hydrogen) atoms. The topological polar surface area (TPSA) is 46.0 Å². The molecule has 1 atom stereocenters. The molecular formula is C16H29N5. The molecule has 2 fully saturated rings. The second-order valence-electron chi connectivity index (χ2n) is 7.62. The zero-order valence-corrected chi connectivity index (χ0v) is 13.9. The Morgan fingerprint density at radius 1 is 1.33 bits per heavy atom. The molecule has 1 aliphatic carbocycles. The number of nitrogens with zero attached hydrogens (tertiary/aromatic N) is 4. The van der Waals surface area contributed by atoms with E-state index < -0.39 is 0 Å². The summed E-state index contributed by atoms with van der Waals surface area (Å²) >= 11 is 0. The first-order valence-electron chi connectivity index (χ1n) is 8.31. The Kier molecular flexibility index (Phi) is 3.82. The van der Waals surface area contributed by atoms with Crippen LogP contribution in [-0.2, 0) is 13.1 Å². The van der Waals surface area contributed by atoms with Crippen LogP contribution in [0.2, 0.25) is 0 Å². The highest BCUT2D eigenvalue weighted by atomic mass is 15.4. The van der Waals surface area contributed by atoms with E-state index in [1.165, 1.54) is 12.8 Å². The van der Waals surface area contributed by atoms with E-state index in [1.807, 2.05) is 0 Å². The zero-order chi connectivity index (χ0) is 15.1. The number of hydrogen-bond acceptors (Lipinski definition) is 4. The lowest BCUT2D eigenvalue weighted by molar-refractivity contribution is 0.00241. The Morgan fingerprint density at radius 2 is 2.10 bits per heavy atom. The SMILES string of the molecule is CCCn1ncnc1CN1CC(C)(C)NCC1(C)C1CC1. The van der Waals surface area contributed by atoms with Crippen LogP contribution in [0.4, 0.5) is 0 Å². The molecule has 118 valence electrons. The molecular weight excluding hydrogens is 262 g/mol. The van der Waals surface area contributed by atoms with E-state index in [-0.39, 0.29) is 11.1 Å². The Labute approximate surface area is 128 Å². The maximum Gasteiger partial charge on any atom is 0.141 e. The van der Waals surface area contributed by atoms with Crippen LogP contribution in [-0.4, -0.2) is 43.8 Å². The highest BCUT2D eigenvalue weighted by Crippen LogP contribution is 2.45. The average Bonchev–Trinajstić information content (AvgIpc) is 3.19. The summed E-state index contributed by atoms with van der Waals surface area (Å²) in [4.78, 5) is 7.16. The fourth-order valence-electron chi connectivity index (χ4n) is 3.57. The number of aryl methyl sites for hydroxylation is 1. The van der Waals surface area contributed by atoms with E-state index in [9.17, 15) is 0 Å². The van der Waals surface area contributed by atoms with Gasteiger partial charge in [0.05, 0.1) is 6.54 Å². The maximum atomic E-state index is 4.51. The van der Waals surface area contributed by atoms with Crippen molar-refractivity contribution in [3.63, 3.8) is 0 Å². The van der Waals surface area contributed by atoms with Crippen molar-refractivity contribution in [3.05, 3.63) is 12.2 Å². The van der Waals surface area contributed by atoms with Crippen LogP contribution in [0.5, 0.6) is 0 Å². The van der Waals surface area contributed by atoms with Crippen molar-refractivity contribution >= 4 is 0 Å². The van der Waals surface area contributed by atoms with Crippen LogP contribution in [0.3, 0.4) is 0 Å². The third-order valence-corrected chi connectivity index (χ3v) is 5.15. The number of hydrogen-bond donors (Lipinski definition) is 1. The molecule has 0 aromatic carbocycles. The summed E-state index contributed by atoms with van der Waals surface area (Å²) in [7, 11) is 0. The van der Waals surface area contributed by atoms with Gasteiger partial charge in [-0.15, -0.1) is 0 Å². The van der Waals surface area contributed by atoms with Gasteiger partial charge in [0.15, 0.2) is 0 Å². The molecule has 0 amide bonds. The number of rotatable bonds is 5. The Bertz CT molecular complexity index is 491. The summed E-state index contributed by atoms with van der Waals surface area (Å²) < 4.78 is 2.07. The lowest BCUT2D eigenvalue weighted by Gasteiger charge is -2.51. The molecule has 5 nitrogen and oxygen atoms in total. The van der Waals surface area contributed by atoms with Crippen LogP contribution in [0.1, 0.15) is 52.8 Å². The standard InChI is InChI=1S/C16H29N5/c1-5-8-21-14(17-12-19-21)9-20-11-15(2,3)18-10-16(20,4)13-6-7-13/h12-13,18H,5-11H2,1-4H3. The smallest absolute Gasteiger partial charge is 0.141 e. The molecule has 1 saturated carbocycles. The van der Waals surface area contributed by atoms with Gasteiger partial charge in [-0.3, -0.25) is 4.90 Å². The van der Waals surface area contributed by atoms with Crippen LogP contribution in [0.25, 0.3) is 0 Å². The van der Waals surface area contributed by atoms with Crippen molar-refractivity contribution in [2.24, 2.45) is 5.92 Å². The third kappa shape index (κ3) is 2.99. The molecule has 2 aliphatic rings. The van der Waals surface area contributed by atoms with E-state index in [2.05, 4.69) is 52.7 Å². The maximum absolute atomic E-state index is 4.51. The summed E-state index contributed by atoms with van der Waals surface area (Å²) in [5, 5.41) is 8.11. The zero-order valence-electron chi connectivity index (χ0n) is 13.9. The van der Waals surface area contributed by atoms with Crippen molar-refractivity contribution in [1.82, 2.24) is 25.0 Å². The van der Waals surface area contributed by atoms with E-state index in [1.54, 1.807) is 6.33 Å². The lowest BCUT2D eigenvalue weighted by atomic mass is 9.86. The van der Waals surface area contributed by atoms with E-state index in [0.717, 1.165) is 44.3 Å². The van der Waals surface area contributed by atoms with Gasteiger partial charge >= 0.3 is 0 Å². The van der Waals surface area contributed by atoms with Crippen molar-refractivity contribution in [2.45, 2.75) is 71.1 Å². The molecule has 1 saturated heterocycles. The van der Waals surface area contributed by atoms with E-state index in [0.29, 0.717) is 0 Å².